The van der Waals surface area contributed by atoms with E-state index in [-0.39, 0.29) is 24.7 Å². The van der Waals surface area contributed by atoms with Crippen molar-refractivity contribution < 1.29 is 14.3 Å². The minimum Gasteiger partial charge on any atom is -0.427 e. The lowest BCUT2D eigenvalue weighted by Crippen LogP contribution is -2.25. The van der Waals surface area contributed by atoms with Crippen LogP contribution in [0.1, 0.15) is 50.5 Å². The predicted molar refractivity (Wildman–Crippen MR) is 90.2 cm³/mol. The van der Waals surface area contributed by atoms with Crippen LogP contribution < -0.4 is 10.1 Å². The van der Waals surface area contributed by atoms with Gasteiger partial charge in [-0.25, -0.2) is 0 Å². The molecule has 1 aliphatic carbocycles. The van der Waals surface area contributed by atoms with E-state index >= 15 is 0 Å². The molecule has 0 bridgehead atoms. The molecule has 23 heavy (non-hydrogen) atoms. The number of hydrogen-bond donors (Lipinski definition) is 1. The number of aryl methyl sites for hydroxylation is 1. The number of carbonyl (C=O) groups excluding carboxylic acids is 2. The first-order valence-corrected chi connectivity index (χ1v) is 8.35. The Morgan fingerprint density at radius 3 is 2.61 bits per heavy atom. The van der Waals surface area contributed by atoms with Crippen molar-refractivity contribution in [2.24, 2.45) is 0 Å². The van der Waals surface area contributed by atoms with Gasteiger partial charge < -0.3 is 10.1 Å². The number of esters is 1. The molecule has 0 fully saturated rings. The quantitative estimate of drug-likeness (QED) is 0.474. The average molecular weight is 315 g/mol. The second-order valence-electron chi connectivity index (χ2n) is 6.00. The highest BCUT2D eigenvalue weighted by Gasteiger charge is 2.09. The molecule has 0 spiro atoms. The number of rotatable bonds is 7. The summed E-state index contributed by atoms with van der Waals surface area (Å²) in [6, 6.07) is 7.28. The SMILES string of the molecule is Cc1ccc(OC(=O)CCC(=O)NCCC2=CCCCC2)cc1. The van der Waals surface area contributed by atoms with Gasteiger partial charge in [0.25, 0.3) is 0 Å². The fourth-order valence-electron chi connectivity index (χ4n) is 2.59. The monoisotopic (exact) mass is 315 g/mol. The van der Waals surface area contributed by atoms with Gasteiger partial charge in [0.1, 0.15) is 5.75 Å². The fourth-order valence-corrected chi connectivity index (χ4v) is 2.59. The summed E-state index contributed by atoms with van der Waals surface area (Å²) in [6.45, 7) is 2.62. The van der Waals surface area contributed by atoms with Crippen LogP contribution in [-0.4, -0.2) is 18.4 Å². The van der Waals surface area contributed by atoms with Crippen LogP contribution in [0, 0.1) is 6.92 Å². The normalized spacial score (nSPS) is 14.0. The summed E-state index contributed by atoms with van der Waals surface area (Å²) in [5.41, 5.74) is 2.55. The van der Waals surface area contributed by atoms with Crippen molar-refractivity contribution >= 4 is 11.9 Å². The third-order valence-electron chi connectivity index (χ3n) is 3.96. The first-order valence-electron chi connectivity index (χ1n) is 8.35. The van der Waals surface area contributed by atoms with Crippen molar-refractivity contribution in [2.75, 3.05) is 6.54 Å². The van der Waals surface area contributed by atoms with Crippen molar-refractivity contribution in [3.8, 4) is 5.75 Å². The summed E-state index contributed by atoms with van der Waals surface area (Å²) in [6.07, 6.45) is 8.32. The molecule has 4 heteroatoms. The maximum Gasteiger partial charge on any atom is 0.311 e. The second kappa shape index (κ2) is 9.13. The van der Waals surface area contributed by atoms with Crippen molar-refractivity contribution in [1.29, 1.82) is 0 Å². The minimum absolute atomic E-state index is 0.0951. The zero-order valence-electron chi connectivity index (χ0n) is 13.8. The van der Waals surface area contributed by atoms with Crippen molar-refractivity contribution in [3.63, 3.8) is 0 Å². The summed E-state index contributed by atoms with van der Waals surface area (Å²) < 4.78 is 5.19. The average Bonchev–Trinajstić information content (AvgIpc) is 2.56. The molecular weight excluding hydrogens is 290 g/mol. The zero-order chi connectivity index (χ0) is 16.5. The molecule has 124 valence electrons. The van der Waals surface area contributed by atoms with Crippen molar-refractivity contribution in [2.45, 2.75) is 51.9 Å². The van der Waals surface area contributed by atoms with Gasteiger partial charge in [0.15, 0.2) is 0 Å². The first-order chi connectivity index (χ1) is 11.1. The third-order valence-corrected chi connectivity index (χ3v) is 3.96. The number of benzene rings is 1. The van der Waals surface area contributed by atoms with Gasteiger partial charge >= 0.3 is 5.97 Å². The second-order valence-corrected chi connectivity index (χ2v) is 6.00. The van der Waals surface area contributed by atoms with Gasteiger partial charge in [0.2, 0.25) is 5.91 Å². The van der Waals surface area contributed by atoms with Crippen LogP contribution >= 0.6 is 0 Å². The Labute approximate surface area is 137 Å². The minimum atomic E-state index is -0.376. The van der Waals surface area contributed by atoms with E-state index in [1.807, 2.05) is 19.1 Å². The number of amides is 1. The number of ether oxygens (including phenoxy) is 1. The van der Waals surface area contributed by atoms with Crippen LogP contribution in [0.2, 0.25) is 0 Å². The molecule has 0 saturated carbocycles. The molecule has 0 atom stereocenters. The van der Waals surface area contributed by atoms with E-state index in [1.54, 1.807) is 12.1 Å². The van der Waals surface area contributed by atoms with Crippen LogP contribution in [0.15, 0.2) is 35.9 Å². The molecule has 1 N–H and O–H groups in total. The molecule has 0 radical (unpaired) electrons. The summed E-state index contributed by atoms with van der Waals surface area (Å²) in [5, 5.41) is 2.87. The van der Waals surface area contributed by atoms with Crippen LogP contribution in [0.4, 0.5) is 0 Å². The maximum atomic E-state index is 11.7. The highest BCUT2D eigenvalue weighted by molar-refractivity contribution is 5.82. The first kappa shape index (κ1) is 17.3. The molecule has 0 unspecified atom stereocenters. The maximum absolute atomic E-state index is 11.7. The van der Waals surface area contributed by atoms with Crippen LogP contribution in [-0.2, 0) is 9.59 Å². The highest BCUT2D eigenvalue weighted by atomic mass is 16.5. The van der Waals surface area contributed by atoms with Crippen LogP contribution in [0.25, 0.3) is 0 Å². The number of nitrogens with one attached hydrogen (secondary N) is 1. The summed E-state index contributed by atoms with van der Waals surface area (Å²) in [7, 11) is 0. The van der Waals surface area contributed by atoms with Gasteiger partial charge in [0, 0.05) is 13.0 Å². The predicted octanol–water partition coefficient (Wildman–Crippen LogP) is 3.69. The van der Waals surface area contributed by atoms with Gasteiger partial charge in [-0.3, -0.25) is 9.59 Å². The topological polar surface area (TPSA) is 55.4 Å². The number of hydrogen-bond acceptors (Lipinski definition) is 3. The van der Waals surface area contributed by atoms with E-state index in [0.717, 1.165) is 24.8 Å². The summed E-state index contributed by atoms with van der Waals surface area (Å²) in [4.78, 5) is 23.5. The zero-order valence-corrected chi connectivity index (χ0v) is 13.8. The molecule has 0 heterocycles. The van der Waals surface area contributed by atoms with Gasteiger partial charge in [0.05, 0.1) is 6.42 Å². The smallest absolute Gasteiger partial charge is 0.311 e. The standard InChI is InChI=1S/C19H25NO3/c1-15-7-9-17(10-8-15)23-19(22)12-11-18(21)20-14-13-16-5-3-2-4-6-16/h5,7-10H,2-4,6,11-14H2,1H3,(H,20,21). The van der Waals surface area contributed by atoms with Gasteiger partial charge in [-0.05, 0) is 51.2 Å². The number of allylic oxidation sites excluding steroid dienone is 1. The Kier molecular flexibility index (Phi) is 6.85. The Bertz CT molecular complexity index is 560. The van der Waals surface area contributed by atoms with Crippen LogP contribution in [0.5, 0.6) is 5.75 Å². The third kappa shape index (κ3) is 6.68. The largest absolute Gasteiger partial charge is 0.427 e. The highest BCUT2D eigenvalue weighted by Crippen LogP contribution is 2.19. The van der Waals surface area contributed by atoms with E-state index in [2.05, 4.69) is 11.4 Å². The molecular formula is C19H25NO3. The lowest BCUT2D eigenvalue weighted by Gasteiger charge is -2.12. The molecule has 0 aromatic heterocycles. The molecule has 1 aromatic rings. The molecule has 1 aliphatic rings. The molecule has 0 saturated heterocycles. The van der Waals surface area contributed by atoms with Gasteiger partial charge in [-0.2, -0.15) is 0 Å². The molecule has 4 nitrogen and oxygen atoms in total. The Morgan fingerprint density at radius 2 is 1.91 bits per heavy atom. The van der Waals surface area contributed by atoms with Gasteiger partial charge in [-0.15, -0.1) is 0 Å². The molecule has 0 aliphatic heterocycles. The Hall–Kier alpha value is -2.10. The van der Waals surface area contributed by atoms with E-state index < -0.39 is 0 Å². The van der Waals surface area contributed by atoms with Gasteiger partial charge in [-0.1, -0.05) is 29.3 Å². The van der Waals surface area contributed by atoms with Crippen molar-refractivity contribution in [3.05, 3.63) is 41.5 Å². The van der Waals surface area contributed by atoms with Crippen LogP contribution in [0.3, 0.4) is 0 Å². The molecule has 1 aromatic carbocycles. The molecule has 1 amide bonds. The number of carbonyl (C=O) groups is 2. The van der Waals surface area contributed by atoms with E-state index in [1.165, 1.54) is 18.4 Å². The lowest BCUT2D eigenvalue weighted by atomic mass is 9.97. The fraction of sp³-hybridized carbons (Fsp3) is 0.474. The summed E-state index contributed by atoms with van der Waals surface area (Å²) in [5.74, 6) is 0.0477. The Balaban J connectivity index is 1.60. The van der Waals surface area contributed by atoms with E-state index in [4.69, 9.17) is 4.74 Å². The summed E-state index contributed by atoms with van der Waals surface area (Å²) >= 11 is 0. The molecule has 2 rings (SSSR count). The van der Waals surface area contributed by atoms with E-state index in [9.17, 15) is 9.59 Å². The lowest BCUT2D eigenvalue weighted by molar-refractivity contribution is -0.136. The Morgan fingerprint density at radius 1 is 1.13 bits per heavy atom. The van der Waals surface area contributed by atoms with E-state index in [0.29, 0.717) is 12.3 Å². The van der Waals surface area contributed by atoms with Crippen molar-refractivity contribution in [1.82, 2.24) is 5.32 Å².